The van der Waals surface area contributed by atoms with Crippen molar-refractivity contribution >= 4 is 0 Å². The SMILES string of the molecule is CCC(C)(C)C(O)C(CO)(CO)C(O)(c1ccccc1)c1ccc(C)cc1. The minimum atomic E-state index is -1.78. The van der Waals surface area contributed by atoms with E-state index in [-0.39, 0.29) is 0 Å². The lowest BCUT2D eigenvalue weighted by Gasteiger charge is -2.52. The zero-order valence-corrected chi connectivity index (χ0v) is 16.7. The minimum absolute atomic E-state index is 0.517. The number of aliphatic hydroxyl groups is 4. The van der Waals surface area contributed by atoms with Crippen LogP contribution in [0.2, 0.25) is 0 Å². The van der Waals surface area contributed by atoms with Gasteiger partial charge in [-0.15, -0.1) is 0 Å². The molecule has 2 atom stereocenters. The molecule has 4 nitrogen and oxygen atoms in total. The zero-order chi connectivity index (χ0) is 20.3. The second-order valence-corrected chi connectivity index (χ2v) is 8.16. The maximum absolute atomic E-state index is 12.1. The van der Waals surface area contributed by atoms with E-state index in [4.69, 9.17) is 0 Å². The molecule has 0 saturated carbocycles. The third kappa shape index (κ3) is 3.55. The van der Waals surface area contributed by atoms with E-state index < -0.39 is 35.7 Å². The van der Waals surface area contributed by atoms with Crippen LogP contribution in [0.4, 0.5) is 0 Å². The molecule has 2 unspecified atom stereocenters. The molecule has 27 heavy (non-hydrogen) atoms. The standard InChI is InChI=1S/C23H32O4/c1-5-21(3,4)20(26)22(15-24,16-25)23(27,18-9-7-6-8-10-18)19-13-11-17(2)12-14-19/h6-14,20,24-27H,5,15-16H2,1-4H3. The molecule has 0 aliphatic carbocycles. The van der Waals surface area contributed by atoms with Crippen molar-refractivity contribution in [1.29, 1.82) is 0 Å². The molecule has 0 aliphatic rings. The van der Waals surface area contributed by atoms with Crippen LogP contribution in [0, 0.1) is 17.8 Å². The van der Waals surface area contributed by atoms with Gasteiger partial charge in [-0.05, 0) is 29.9 Å². The average Bonchev–Trinajstić information content (AvgIpc) is 2.70. The van der Waals surface area contributed by atoms with Crippen LogP contribution in [0.25, 0.3) is 0 Å². The normalized spacial score (nSPS) is 16.0. The van der Waals surface area contributed by atoms with E-state index in [1.807, 2.05) is 45.9 Å². The second kappa shape index (κ2) is 8.11. The van der Waals surface area contributed by atoms with Crippen molar-refractivity contribution in [3.05, 3.63) is 71.3 Å². The molecule has 148 valence electrons. The fraction of sp³-hybridized carbons (Fsp3) is 0.478. The summed E-state index contributed by atoms with van der Waals surface area (Å²) < 4.78 is 0. The number of hydrogen-bond donors (Lipinski definition) is 4. The first-order chi connectivity index (χ1) is 12.7. The largest absolute Gasteiger partial charge is 0.395 e. The van der Waals surface area contributed by atoms with Crippen LogP contribution in [0.3, 0.4) is 0 Å². The van der Waals surface area contributed by atoms with Gasteiger partial charge in [-0.25, -0.2) is 0 Å². The third-order valence-electron chi connectivity index (χ3n) is 6.12. The van der Waals surface area contributed by atoms with Crippen molar-refractivity contribution in [2.24, 2.45) is 10.8 Å². The van der Waals surface area contributed by atoms with E-state index >= 15 is 0 Å². The van der Waals surface area contributed by atoms with Crippen LogP contribution in [0.5, 0.6) is 0 Å². The Morgan fingerprint density at radius 2 is 1.33 bits per heavy atom. The number of aliphatic hydroxyl groups excluding tert-OH is 3. The maximum Gasteiger partial charge on any atom is 0.127 e. The lowest BCUT2D eigenvalue weighted by atomic mass is 9.57. The Kier molecular flexibility index (Phi) is 6.48. The molecular weight excluding hydrogens is 340 g/mol. The lowest BCUT2D eigenvalue weighted by Crippen LogP contribution is -2.62. The summed E-state index contributed by atoms with van der Waals surface area (Å²) in [6, 6.07) is 16.3. The molecule has 0 radical (unpaired) electrons. The quantitative estimate of drug-likeness (QED) is 0.574. The Hall–Kier alpha value is -1.72. The fourth-order valence-electron chi connectivity index (χ4n) is 3.81. The van der Waals surface area contributed by atoms with Crippen LogP contribution >= 0.6 is 0 Å². The fourth-order valence-corrected chi connectivity index (χ4v) is 3.81. The first-order valence-corrected chi connectivity index (χ1v) is 9.44. The van der Waals surface area contributed by atoms with Crippen molar-refractivity contribution in [2.75, 3.05) is 13.2 Å². The van der Waals surface area contributed by atoms with E-state index in [2.05, 4.69) is 0 Å². The first kappa shape index (κ1) is 21.6. The molecule has 0 fully saturated rings. The minimum Gasteiger partial charge on any atom is -0.395 e. The predicted octanol–water partition coefficient (Wildman–Crippen LogP) is 3.00. The summed E-state index contributed by atoms with van der Waals surface area (Å²) in [4.78, 5) is 0. The predicted molar refractivity (Wildman–Crippen MR) is 107 cm³/mol. The smallest absolute Gasteiger partial charge is 0.127 e. The van der Waals surface area contributed by atoms with Gasteiger partial charge >= 0.3 is 0 Å². The van der Waals surface area contributed by atoms with Crippen molar-refractivity contribution in [1.82, 2.24) is 0 Å². The van der Waals surface area contributed by atoms with Crippen molar-refractivity contribution in [2.45, 2.75) is 45.8 Å². The number of hydrogen-bond acceptors (Lipinski definition) is 4. The summed E-state index contributed by atoms with van der Waals surface area (Å²) in [7, 11) is 0. The summed E-state index contributed by atoms with van der Waals surface area (Å²) in [6.45, 7) is 6.49. The van der Waals surface area contributed by atoms with E-state index in [1.54, 1.807) is 36.4 Å². The molecule has 4 N–H and O–H groups in total. The number of benzene rings is 2. The van der Waals surface area contributed by atoms with Gasteiger partial charge in [-0.2, -0.15) is 0 Å². The molecule has 0 saturated heterocycles. The summed E-state index contributed by atoms with van der Waals surface area (Å²) >= 11 is 0. The van der Waals surface area contributed by atoms with Gasteiger partial charge in [0, 0.05) is 0 Å². The highest BCUT2D eigenvalue weighted by Gasteiger charge is 2.59. The molecule has 2 aromatic carbocycles. The molecule has 0 aliphatic heterocycles. The van der Waals surface area contributed by atoms with Crippen LogP contribution in [0.15, 0.2) is 54.6 Å². The van der Waals surface area contributed by atoms with Gasteiger partial charge in [0.15, 0.2) is 0 Å². The van der Waals surface area contributed by atoms with Crippen LogP contribution in [0.1, 0.15) is 43.9 Å². The zero-order valence-electron chi connectivity index (χ0n) is 16.7. The van der Waals surface area contributed by atoms with Crippen LogP contribution < -0.4 is 0 Å². The Morgan fingerprint density at radius 3 is 1.78 bits per heavy atom. The van der Waals surface area contributed by atoms with Gasteiger partial charge < -0.3 is 20.4 Å². The monoisotopic (exact) mass is 372 g/mol. The van der Waals surface area contributed by atoms with Gasteiger partial charge in [0.2, 0.25) is 0 Å². The van der Waals surface area contributed by atoms with Gasteiger partial charge in [-0.3, -0.25) is 0 Å². The number of aryl methyl sites for hydroxylation is 1. The molecule has 0 spiro atoms. The molecule has 2 aromatic rings. The van der Waals surface area contributed by atoms with Gasteiger partial charge in [0.05, 0.1) is 24.7 Å². The average molecular weight is 373 g/mol. The molecular formula is C23H32O4. The molecule has 2 rings (SSSR count). The highest BCUT2D eigenvalue weighted by molar-refractivity contribution is 5.41. The van der Waals surface area contributed by atoms with Crippen LogP contribution in [-0.4, -0.2) is 39.7 Å². The highest BCUT2D eigenvalue weighted by Crippen LogP contribution is 2.51. The summed E-state index contributed by atoms with van der Waals surface area (Å²) in [5.41, 5.74) is -1.93. The van der Waals surface area contributed by atoms with Gasteiger partial charge in [0.25, 0.3) is 0 Å². The van der Waals surface area contributed by atoms with E-state index in [0.717, 1.165) is 5.56 Å². The van der Waals surface area contributed by atoms with Crippen LogP contribution in [-0.2, 0) is 5.60 Å². The Morgan fingerprint density at radius 1 is 0.852 bits per heavy atom. The lowest BCUT2D eigenvalue weighted by molar-refractivity contribution is -0.199. The van der Waals surface area contributed by atoms with Crippen molar-refractivity contribution in [3.8, 4) is 0 Å². The first-order valence-electron chi connectivity index (χ1n) is 9.44. The molecule has 0 amide bonds. The van der Waals surface area contributed by atoms with Gasteiger partial charge in [-0.1, -0.05) is 80.9 Å². The molecule has 0 aromatic heterocycles. The third-order valence-corrected chi connectivity index (χ3v) is 6.12. The molecule has 4 heteroatoms. The summed E-state index contributed by atoms with van der Waals surface area (Å²) in [5.74, 6) is 0. The Balaban J connectivity index is 2.82. The van der Waals surface area contributed by atoms with Crippen molar-refractivity contribution in [3.63, 3.8) is 0 Å². The van der Waals surface area contributed by atoms with E-state index in [0.29, 0.717) is 17.5 Å². The van der Waals surface area contributed by atoms with E-state index in [9.17, 15) is 20.4 Å². The Labute approximate surface area is 162 Å². The van der Waals surface area contributed by atoms with Gasteiger partial charge in [0.1, 0.15) is 5.60 Å². The summed E-state index contributed by atoms with van der Waals surface area (Å²) in [6.07, 6.45) is -0.536. The molecule has 0 heterocycles. The highest BCUT2D eigenvalue weighted by atomic mass is 16.3. The Bertz CT molecular complexity index is 720. The second-order valence-electron chi connectivity index (χ2n) is 8.16. The molecule has 0 bridgehead atoms. The van der Waals surface area contributed by atoms with Crippen molar-refractivity contribution < 1.29 is 20.4 Å². The topological polar surface area (TPSA) is 80.9 Å². The van der Waals surface area contributed by atoms with E-state index in [1.165, 1.54) is 0 Å². The maximum atomic E-state index is 12.1. The summed E-state index contributed by atoms with van der Waals surface area (Å²) in [5, 5.41) is 44.3. The number of rotatable bonds is 8.